The minimum absolute atomic E-state index is 0.802. The van der Waals surface area contributed by atoms with Crippen LogP contribution in [0, 0.1) is 9.85 Å². The SMILES string of the molecule is IC#CCc1cccnc1. The van der Waals surface area contributed by atoms with E-state index in [2.05, 4.69) is 14.8 Å². The zero-order valence-corrected chi connectivity index (χ0v) is 7.50. The van der Waals surface area contributed by atoms with Gasteiger partial charge in [-0.05, 0) is 15.6 Å². The lowest BCUT2D eigenvalue weighted by Crippen LogP contribution is -1.80. The average Bonchev–Trinajstić information content (AvgIpc) is 2.03. The second kappa shape index (κ2) is 4.29. The summed E-state index contributed by atoms with van der Waals surface area (Å²) in [4.78, 5) is 3.97. The van der Waals surface area contributed by atoms with Crippen LogP contribution in [0.2, 0.25) is 0 Å². The molecule has 0 saturated carbocycles. The maximum Gasteiger partial charge on any atom is 0.0363 e. The molecule has 1 aromatic heterocycles. The predicted octanol–water partition coefficient (Wildman–Crippen LogP) is 2.02. The maximum atomic E-state index is 3.97. The number of hydrogen-bond donors (Lipinski definition) is 0. The summed E-state index contributed by atoms with van der Waals surface area (Å²) in [5, 5.41) is 0. The van der Waals surface area contributed by atoms with Crippen molar-refractivity contribution >= 4 is 22.6 Å². The highest BCUT2D eigenvalue weighted by molar-refractivity contribution is 14.1. The summed E-state index contributed by atoms with van der Waals surface area (Å²) in [5.74, 6) is 2.96. The van der Waals surface area contributed by atoms with E-state index < -0.39 is 0 Å². The molecule has 0 aliphatic rings. The van der Waals surface area contributed by atoms with Crippen molar-refractivity contribution in [3.63, 3.8) is 0 Å². The number of hydrogen-bond acceptors (Lipinski definition) is 1. The molecule has 0 unspecified atom stereocenters. The van der Waals surface area contributed by atoms with Gasteiger partial charge in [0.15, 0.2) is 0 Å². The number of halogens is 1. The van der Waals surface area contributed by atoms with Crippen LogP contribution < -0.4 is 0 Å². The Morgan fingerprint density at radius 3 is 3.10 bits per heavy atom. The molecule has 0 saturated heterocycles. The molecule has 0 radical (unpaired) electrons. The Morgan fingerprint density at radius 1 is 1.60 bits per heavy atom. The minimum atomic E-state index is 0.802. The summed E-state index contributed by atoms with van der Waals surface area (Å²) < 4.78 is 2.81. The highest BCUT2D eigenvalue weighted by Crippen LogP contribution is 1.95. The van der Waals surface area contributed by atoms with Gasteiger partial charge in [-0.1, -0.05) is 12.0 Å². The van der Waals surface area contributed by atoms with Crippen molar-refractivity contribution in [3.8, 4) is 9.85 Å². The topological polar surface area (TPSA) is 12.9 Å². The number of pyridine rings is 1. The first-order valence-electron chi connectivity index (χ1n) is 2.91. The van der Waals surface area contributed by atoms with E-state index in [4.69, 9.17) is 0 Å². The maximum absolute atomic E-state index is 3.97. The molecule has 0 spiro atoms. The van der Waals surface area contributed by atoms with Crippen molar-refractivity contribution in [3.05, 3.63) is 30.1 Å². The molecular weight excluding hydrogens is 237 g/mol. The first-order chi connectivity index (χ1) is 4.93. The van der Waals surface area contributed by atoms with Crippen molar-refractivity contribution in [2.45, 2.75) is 6.42 Å². The van der Waals surface area contributed by atoms with Gasteiger partial charge in [-0.2, -0.15) is 0 Å². The normalized spacial score (nSPS) is 8.10. The third-order valence-electron chi connectivity index (χ3n) is 1.08. The van der Waals surface area contributed by atoms with Crippen LogP contribution in [0.25, 0.3) is 0 Å². The molecule has 50 valence electrons. The molecule has 0 N–H and O–H groups in total. The average molecular weight is 243 g/mol. The van der Waals surface area contributed by atoms with Gasteiger partial charge in [-0.3, -0.25) is 4.98 Å². The standard InChI is InChI=1S/C8H6IN/c9-5-1-3-8-4-2-6-10-7-8/h2,4,6-7H,3H2. The van der Waals surface area contributed by atoms with Crippen molar-refractivity contribution in [1.82, 2.24) is 4.98 Å². The molecule has 0 bridgehead atoms. The quantitative estimate of drug-likeness (QED) is 0.543. The van der Waals surface area contributed by atoms with E-state index in [1.165, 1.54) is 5.56 Å². The zero-order valence-electron chi connectivity index (χ0n) is 5.34. The number of aromatic nitrogens is 1. The second-order valence-corrected chi connectivity index (χ2v) is 2.35. The van der Waals surface area contributed by atoms with Crippen LogP contribution in [-0.4, -0.2) is 4.98 Å². The lowest BCUT2D eigenvalue weighted by Gasteiger charge is -1.89. The number of nitrogens with zero attached hydrogens (tertiary/aromatic N) is 1. The summed E-state index contributed by atoms with van der Waals surface area (Å²) in [6, 6.07) is 3.94. The molecule has 0 fully saturated rings. The third kappa shape index (κ3) is 2.36. The monoisotopic (exact) mass is 243 g/mol. The van der Waals surface area contributed by atoms with Crippen molar-refractivity contribution in [2.24, 2.45) is 0 Å². The van der Waals surface area contributed by atoms with Gasteiger partial charge in [0.2, 0.25) is 0 Å². The molecule has 0 aromatic carbocycles. The van der Waals surface area contributed by atoms with E-state index in [9.17, 15) is 0 Å². The molecule has 0 amide bonds. The van der Waals surface area contributed by atoms with Crippen LogP contribution >= 0.6 is 22.6 Å². The Balaban J connectivity index is 2.64. The molecule has 0 aliphatic heterocycles. The minimum Gasteiger partial charge on any atom is -0.264 e. The van der Waals surface area contributed by atoms with Gasteiger partial charge in [0.25, 0.3) is 0 Å². The van der Waals surface area contributed by atoms with E-state index in [0.29, 0.717) is 0 Å². The Hall–Kier alpha value is -0.560. The molecule has 1 heterocycles. The van der Waals surface area contributed by atoms with Crippen molar-refractivity contribution in [2.75, 3.05) is 0 Å². The van der Waals surface area contributed by atoms with Gasteiger partial charge in [0.05, 0.1) is 0 Å². The Morgan fingerprint density at radius 2 is 2.50 bits per heavy atom. The predicted molar refractivity (Wildman–Crippen MR) is 49.7 cm³/mol. The van der Waals surface area contributed by atoms with E-state index in [-0.39, 0.29) is 0 Å². The Bertz CT molecular complexity index is 245. The van der Waals surface area contributed by atoms with Gasteiger partial charge in [-0.25, -0.2) is 0 Å². The molecule has 0 aliphatic carbocycles. The van der Waals surface area contributed by atoms with Crippen LogP contribution in [0.5, 0.6) is 0 Å². The summed E-state index contributed by atoms with van der Waals surface area (Å²) in [7, 11) is 0. The first-order valence-corrected chi connectivity index (χ1v) is 3.99. The second-order valence-electron chi connectivity index (χ2n) is 1.81. The fourth-order valence-corrected chi connectivity index (χ4v) is 0.829. The summed E-state index contributed by atoms with van der Waals surface area (Å²) in [6.07, 6.45) is 4.40. The fraction of sp³-hybridized carbons (Fsp3) is 0.125. The largest absolute Gasteiger partial charge is 0.264 e. The van der Waals surface area contributed by atoms with Crippen molar-refractivity contribution in [1.29, 1.82) is 0 Å². The van der Waals surface area contributed by atoms with Gasteiger partial charge >= 0.3 is 0 Å². The summed E-state index contributed by atoms with van der Waals surface area (Å²) in [6.45, 7) is 0. The van der Waals surface area contributed by atoms with E-state index >= 15 is 0 Å². The van der Waals surface area contributed by atoms with Crippen LogP contribution in [-0.2, 0) is 6.42 Å². The van der Waals surface area contributed by atoms with Gasteiger partial charge < -0.3 is 0 Å². The molecule has 10 heavy (non-hydrogen) atoms. The first kappa shape index (κ1) is 7.55. The fourth-order valence-electron chi connectivity index (χ4n) is 0.638. The molecule has 1 aromatic rings. The Kier molecular flexibility index (Phi) is 3.23. The van der Waals surface area contributed by atoms with Gasteiger partial charge in [-0.15, -0.1) is 0 Å². The lowest BCUT2D eigenvalue weighted by atomic mass is 10.2. The van der Waals surface area contributed by atoms with Crippen LogP contribution in [0.1, 0.15) is 5.56 Å². The Labute approximate surface area is 74.0 Å². The third-order valence-corrected chi connectivity index (χ3v) is 1.46. The van der Waals surface area contributed by atoms with Crippen LogP contribution in [0.15, 0.2) is 24.5 Å². The number of rotatable bonds is 1. The lowest BCUT2D eigenvalue weighted by molar-refractivity contribution is 1.21. The summed E-state index contributed by atoms with van der Waals surface area (Å²) >= 11 is 2.03. The highest BCUT2D eigenvalue weighted by Gasteiger charge is 1.84. The van der Waals surface area contributed by atoms with Gasteiger partial charge in [0.1, 0.15) is 0 Å². The smallest absolute Gasteiger partial charge is 0.0363 e. The van der Waals surface area contributed by atoms with E-state index in [1.807, 2.05) is 40.9 Å². The molecule has 1 nitrogen and oxygen atoms in total. The van der Waals surface area contributed by atoms with Crippen molar-refractivity contribution < 1.29 is 0 Å². The highest BCUT2D eigenvalue weighted by atomic mass is 127. The molecular formula is C8H6IN. The zero-order chi connectivity index (χ0) is 7.23. The van der Waals surface area contributed by atoms with E-state index in [1.54, 1.807) is 6.20 Å². The molecule has 2 heteroatoms. The molecule has 1 rings (SSSR count). The van der Waals surface area contributed by atoms with Gasteiger partial charge in [0, 0.05) is 41.4 Å². The summed E-state index contributed by atoms with van der Waals surface area (Å²) in [5.41, 5.74) is 1.17. The van der Waals surface area contributed by atoms with E-state index in [0.717, 1.165) is 6.42 Å². The molecule has 0 atom stereocenters. The van der Waals surface area contributed by atoms with Crippen LogP contribution in [0.4, 0.5) is 0 Å². The van der Waals surface area contributed by atoms with Crippen LogP contribution in [0.3, 0.4) is 0 Å².